The first-order valence-corrected chi connectivity index (χ1v) is 6.00. The van der Waals surface area contributed by atoms with Crippen LogP contribution in [0.25, 0.3) is 0 Å². The largest absolute Gasteiger partial charge is 0.323 e. The summed E-state index contributed by atoms with van der Waals surface area (Å²) in [6.07, 6.45) is 8.33. The van der Waals surface area contributed by atoms with Crippen molar-refractivity contribution in [3.63, 3.8) is 0 Å². The van der Waals surface area contributed by atoms with Crippen LogP contribution in [0.1, 0.15) is 11.6 Å². The number of hydrogen-bond donors (Lipinski definition) is 1. The monoisotopic (exact) mass is 216 g/mol. The fraction of sp³-hybridized carbons (Fsp3) is 0.154. The van der Waals surface area contributed by atoms with Crippen LogP contribution < -0.4 is 5.73 Å². The van der Waals surface area contributed by atoms with Gasteiger partial charge in [0.05, 0.1) is 0 Å². The maximum atomic E-state index is 6.09. The van der Waals surface area contributed by atoms with E-state index in [1.807, 2.05) is 18.2 Å². The maximum absolute atomic E-state index is 6.09. The minimum atomic E-state index is 0.117. The van der Waals surface area contributed by atoms with E-state index in [0.717, 1.165) is 5.75 Å². The summed E-state index contributed by atoms with van der Waals surface area (Å²) < 4.78 is 0. The van der Waals surface area contributed by atoms with Crippen LogP contribution in [0.3, 0.4) is 0 Å². The van der Waals surface area contributed by atoms with E-state index in [1.54, 1.807) is 11.8 Å². The lowest BCUT2D eigenvalue weighted by molar-refractivity contribution is 0.832. The van der Waals surface area contributed by atoms with Crippen molar-refractivity contribution in [2.75, 3.05) is 5.75 Å². The van der Waals surface area contributed by atoms with Gasteiger partial charge in [-0.2, -0.15) is 11.8 Å². The summed E-state index contributed by atoms with van der Waals surface area (Å²) >= 11 is 1.81. The van der Waals surface area contributed by atoms with Gasteiger partial charge in [0.25, 0.3) is 0 Å². The first kappa shape index (κ1) is 11.0. The first-order valence-electron chi connectivity index (χ1n) is 5.01. The Morgan fingerprint density at radius 2 is 1.73 bits per heavy atom. The Labute approximate surface area is 96.4 Å². The molecule has 2 rings (SSSR count). The quantitative estimate of drug-likeness (QED) is 0.837. The van der Waals surface area contributed by atoms with Gasteiger partial charge in [-0.25, -0.2) is 0 Å². The molecule has 0 bridgehead atoms. The van der Waals surface area contributed by atoms with E-state index in [1.165, 1.54) is 10.8 Å². The van der Waals surface area contributed by atoms with Crippen LogP contribution in [0, 0.1) is 30.9 Å². The highest BCUT2D eigenvalue weighted by Crippen LogP contribution is 2.35. The maximum Gasteiger partial charge on any atom is 0.0387 e. The standard InChI is InChI=1S/C13H14NS/c14-13(11-6-2-1-3-7-11)10-15-12-8-4-5-9-12/h1-9,13H,10,14H2/t13-/m1/s1. The van der Waals surface area contributed by atoms with Gasteiger partial charge >= 0.3 is 0 Å². The summed E-state index contributed by atoms with van der Waals surface area (Å²) in [4.78, 5) is 0. The second kappa shape index (κ2) is 5.57. The number of thioether (sulfide) groups is 1. The lowest BCUT2D eigenvalue weighted by Gasteiger charge is -2.13. The van der Waals surface area contributed by atoms with Crippen molar-refractivity contribution in [1.82, 2.24) is 0 Å². The van der Waals surface area contributed by atoms with Crippen LogP contribution in [-0.2, 0) is 0 Å². The van der Waals surface area contributed by atoms with E-state index in [0.29, 0.717) is 0 Å². The Bertz CT molecular complexity index is 280. The summed E-state index contributed by atoms with van der Waals surface area (Å²) in [6, 6.07) is 10.4. The summed E-state index contributed by atoms with van der Waals surface area (Å²) in [5.74, 6) is 0.925. The molecular formula is C13H14NS. The predicted molar refractivity (Wildman–Crippen MR) is 66.3 cm³/mol. The second-order valence-corrected chi connectivity index (χ2v) is 4.54. The summed E-state index contributed by atoms with van der Waals surface area (Å²) in [5.41, 5.74) is 7.30. The Morgan fingerprint density at radius 3 is 2.40 bits per heavy atom. The van der Waals surface area contributed by atoms with Crippen LogP contribution in [0.4, 0.5) is 0 Å². The molecule has 1 nitrogen and oxygen atoms in total. The lowest BCUT2D eigenvalue weighted by Crippen LogP contribution is -2.13. The van der Waals surface area contributed by atoms with Crippen LogP contribution >= 0.6 is 11.8 Å². The Kier molecular flexibility index (Phi) is 4.09. The fourth-order valence-electron chi connectivity index (χ4n) is 1.44. The molecule has 1 aromatic rings. The third kappa shape index (κ3) is 3.25. The molecule has 0 amide bonds. The molecule has 2 N–H and O–H groups in total. The van der Waals surface area contributed by atoms with Crippen LogP contribution in [0.15, 0.2) is 30.3 Å². The van der Waals surface area contributed by atoms with E-state index >= 15 is 0 Å². The molecule has 1 aromatic carbocycles. The van der Waals surface area contributed by atoms with Gasteiger partial charge in [-0.3, -0.25) is 0 Å². The highest BCUT2D eigenvalue weighted by atomic mass is 32.2. The molecule has 77 valence electrons. The SMILES string of the molecule is N[C@H](CS[C]1[CH][CH][CH][CH]1)c1ccccc1. The molecule has 1 fully saturated rings. The van der Waals surface area contributed by atoms with Crippen molar-refractivity contribution in [3.05, 3.63) is 66.8 Å². The van der Waals surface area contributed by atoms with Gasteiger partial charge in [-0.1, -0.05) is 30.3 Å². The number of benzene rings is 1. The predicted octanol–water partition coefficient (Wildman–Crippen LogP) is 2.78. The number of nitrogens with two attached hydrogens (primary N) is 1. The average Bonchev–Trinajstić information content (AvgIpc) is 2.80. The van der Waals surface area contributed by atoms with Gasteiger partial charge < -0.3 is 5.73 Å². The summed E-state index contributed by atoms with van der Waals surface area (Å²) in [5, 5.41) is 1.29. The van der Waals surface area contributed by atoms with Crippen LogP contribution in [0.5, 0.6) is 0 Å². The molecule has 1 atom stereocenters. The Balaban J connectivity index is 1.79. The fourth-order valence-corrected chi connectivity index (χ4v) is 2.35. The van der Waals surface area contributed by atoms with Gasteiger partial charge in [-0.05, 0) is 31.2 Å². The van der Waals surface area contributed by atoms with Gasteiger partial charge in [-0.15, -0.1) is 0 Å². The Morgan fingerprint density at radius 1 is 1.07 bits per heavy atom. The molecule has 1 aliphatic rings. The third-order valence-electron chi connectivity index (χ3n) is 2.29. The van der Waals surface area contributed by atoms with E-state index in [2.05, 4.69) is 37.8 Å². The molecule has 0 heterocycles. The van der Waals surface area contributed by atoms with Crippen molar-refractivity contribution in [2.45, 2.75) is 6.04 Å². The van der Waals surface area contributed by atoms with E-state index in [-0.39, 0.29) is 6.04 Å². The molecule has 1 saturated carbocycles. The number of hydrogen-bond acceptors (Lipinski definition) is 2. The van der Waals surface area contributed by atoms with Gasteiger partial charge in [0.15, 0.2) is 0 Å². The normalized spacial score (nSPS) is 19.3. The van der Waals surface area contributed by atoms with Crippen LogP contribution in [0.2, 0.25) is 0 Å². The summed E-state index contributed by atoms with van der Waals surface area (Å²) in [7, 11) is 0. The lowest BCUT2D eigenvalue weighted by atomic mass is 10.1. The molecule has 0 spiro atoms. The molecule has 15 heavy (non-hydrogen) atoms. The smallest absolute Gasteiger partial charge is 0.0387 e. The molecule has 0 aliphatic heterocycles. The first-order chi connectivity index (χ1) is 7.36. The van der Waals surface area contributed by atoms with Gasteiger partial charge in [0, 0.05) is 17.0 Å². The topological polar surface area (TPSA) is 26.0 Å². The minimum Gasteiger partial charge on any atom is -0.323 e. The Hall–Kier alpha value is -0.470. The molecule has 0 aromatic heterocycles. The molecule has 2 heteroatoms. The zero-order valence-electron chi connectivity index (χ0n) is 8.47. The van der Waals surface area contributed by atoms with E-state index in [4.69, 9.17) is 5.73 Å². The molecule has 5 radical (unpaired) electrons. The molecular weight excluding hydrogens is 202 g/mol. The van der Waals surface area contributed by atoms with Crippen molar-refractivity contribution in [1.29, 1.82) is 0 Å². The number of rotatable bonds is 4. The van der Waals surface area contributed by atoms with Crippen molar-refractivity contribution >= 4 is 11.8 Å². The van der Waals surface area contributed by atoms with Crippen molar-refractivity contribution in [2.24, 2.45) is 5.73 Å². The second-order valence-electron chi connectivity index (χ2n) is 3.45. The van der Waals surface area contributed by atoms with Gasteiger partial charge in [0.1, 0.15) is 0 Å². The molecule has 0 unspecified atom stereocenters. The third-order valence-corrected chi connectivity index (χ3v) is 3.42. The van der Waals surface area contributed by atoms with Crippen LogP contribution in [-0.4, -0.2) is 5.75 Å². The minimum absolute atomic E-state index is 0.117. The highest BCUT2D eigenvalue weighted by Gasteiger charge is 2.18. The van der Waals surface area contributed by atoms with E-state index < -0.39 is 0 Å². The molecule has 0 saturated heterocycles. The zero-order chi connectivity index (χ0) is 10.5. The average molecular weight is 216 g/mol. The zero-order valence-corrected chi connectivity index (χ0v) is 9.28. The summed E-state index contributed by atoms with van der Waals surface area (Å²) in [6.45, 7) is 0. The highest BCUT2D eigenvalue weighted by molar-refractivity contribution is 8.02. The molecule has 1 aliphatic carbocycles. The van der Waals surface area contributed by atoms with E-state index in [9.17, 15) is 0 Å². The van der Waals surface area contributed by atoms with Crippen molar-refractivity contribution < 1.29 is 0 Å². The van der Waals surface area contributed by atoms with Gasteiger partial charge in [0.2, 0.25) is 0 Å². The van der Waals surface area contributed by atoms with Crippen molar-refractivity contribution in [3.8, 4) is 0 Å².